The summed E-state index contributed by atoms with van der Waals surface area (Å²) in [5.41, 5.74) is 1.13. The third kappa shape index (κ3) is 3.66. The van der Waals surface area contributed by atoms with Crippen LogP contribution in [0.3, 0.4) is 0 Å². The minimum absolute atomic E-state index is 0.704. The van der Waals surface area contributed by atoms with E-state index in [0.717, 1.165) is 41.6 Å². The molecule has 0 atom stereocenters. The normalized spacial score (nSPS) is 10.6. The van der Waals surface area contributed by atoms with Crippen molar-refractivity contribution in [3.05, 3.63) is 28.0 Å². The Labute approximate surface area is 123 Å². The van der Waals surface area contributed by atoms with Crippen molar-refractivity contribution in [3.63, 3.8) is 0 Å². The largest absolute Gasteiger partial charge is 0.370 e. The average molecular weight is 291 g/mol. The molecule has 2 aromatic heterocycles. The zero-order valence-electron chi connectivity index (χ0n) is 12.2. The van der Waals surface area contributed by atoms with Crippen LogP contribution in [0.25, 0.3) is 0 Å². The van der Waals surface area contributed by atoms with Gasteiger partial charge in [-0.05, 0) is 19.8 Å². The molecule has 0 aromatic carbocycles. The number of rotatable bonds is 7. The Kier molecular flexibility index (Phi) is 5.29. The van der Waals surface area contributed by atoms with Gasteiger partial charge in [-0.3, -0.25) is 0 Å². The molecule has 0 fully saturated rings. The van der Waals surface area contributed by atoms with E-state index in [4.69, 9.17) is 0 Å². The lowest BCUT2D eigenvalue weighted by atomic mass is 10.2. The van der Waals surface area contributed by atoms with Crippen LogP contribution in [0, 0.1) is 6.92 Å². The van der Waals surface area contributed by atoms with Crippen molar-refractivity contribution in [3.8, 4) is 0 Å². The smallest absolute Gasteiger partial charge is 0.135 e. The molecule has 0 radical (unpaired) electrons. The van der Waals surface area contributed by atoms with Crippen LogP contribution in [0.2, 0.25) is 0 Å². The number of anilines is 2. The lowest BCUT2D eigenvalue weighted by Gasteiger charge is -2.13. The van der Waals surface area contributed by atoms with Crippen molar-refractivity contribution in [2.45, 2.75) is 40.2 Å². The van der Waals surface area contributed by atoms with Crippen LogP contribution in [0.4, 0.5) is 11.6 Å². The summed E-state index contributed by atoms with van der Waals surface area (Å²) in [5, 5.41) is 7.80. The van der Waals surface area contributed by atoms with E-state index in [2.05, 4.69) is 46.4 Å². The maximum atomic E-state index is 4.36. The summed E-state index contributed by atoms with van der Waals surface area (Å²) in [6.07, 6.45) is 5.48. The van der Waals surface area contributed by atoms with E-state index >= 15 is 0 Å². The van der Waals surface area contributed by atoms with Crippen LogP contribution in [-0.2, 0) is 13.0 Å². The maximum Gasteiger partial charge on any atom is 0.135 e. The van der Waals surface area contributed by atoms with E-state index in [1.165, 1.54) is 4.88 Å². The summed E-state index contributed by atoms with van der Waals surface area (Å²) >= 11 is 1.71. The minimum Gasteiger partial charge on any atom is -0.370 e. The van der Waals surface area contributed by atoms with Gasteiger partial charge in [0.2, 0.25) is 0 Å². The molecule has 0 saturated heterocycles. The fourth-order valence-corrected chi connectivity index (χ4v) is 2.66. The first-order chi connectivity index (χ1) is 9.74. The number of hydrogen-bond donors (Lipinski definition) is 2. The fraction of sp³-hybridized carbons (Fsp3) is 0.500. The lowest BCUT2D eigenvalue weighted by Crippen LogP contribution is -2.10. The molecule has 2 aromatic rings. The second kappa shape index (κ2) is 7.19. The van der Waals surface area contributed by atoms with E-state index in [-0.39, 0.29) is 0 Å². The zero-order chi connectivity index (χ0) is 14.4. The molecule has 0 bridgehead atoms. The van der Waals surface area contributed by atoms with Crippen LogP contribution < -0.4 is 10.6 Å². The van der Waals surface area contributed by atoms with E-state index in [9.17, 15) is 0 Å². The molecular formula is C14H21N5S. The van der Waals surface area contributed by atoms with Crippen LogP contribution in [0.15, 0.2) is 12.5 Å². The van der Waals surface area contributed by atoms with Crippen LogP contribution in [-0.4, -0.2) is 21.5 Å². The minimum atomic E-state index is 0.704. The highest BCUT2D eigenvalue weighted by Gasteiger charge is 2.09. The molecule has 0 amide bonds. The van der Waals surface area contributed by atoms with Gasteiger partial charge in [-0.1, -0.05) is 13.8 Å². The van der Waals surface area contributed by atoms with E-state index < -0.39 is 0 Å². The molecule has 5 nitrogen and oxygen atoms in total. The molecule has 0 spiro atoms. The molecule has 0 aliphatic rings. The molecular weight excluding hydrogens is 270 g/mol. The van der Waals surface area contributed by atoms with Gasteiger partial charge in [-0.15, -0.1) is 11.3 Å². The van der Waals surface area contributed by atoms with Crippen molar-refractivity contribution in [1.82, 2.24) is 15.0 Å². The Bertz CT molecular complexity index is 552. The van der Waals surface area contributed by atoms with Crippen LogP contribution in [0.5, 0.6) is 0 Å². The van der Waals surface area contributed by atoms with Gasteiger partial charge >= 0.3 is 0 Å². The topological polar surface area (TPSA) is 62.7 Å². The standard InChI is InChI=1S/C14H21N5S/c1-4-6-15-13-11(5-2)14(19-9-18-13)17-8-12-16-7-10(3)20-12/h7,9H,4-6,8H2,1-3H3,(H2,15,17,18,19). The third-order valence-electron chi connectivity index (χ3n) is 2.92. The second-order valence-electron chi connectivity index (χ2n) is 4.55. The molecule has 2 heterocycles. The first-order valence-electron chi connectivity index (χ1n) is 6.97. The highest BCUT2D eigenvalue weighted by Crippen LogP contribution is 2.21. The molecule has 2 N–H and O–H groups in total. The number of aromatic nitrogens is 3. The average Bonchev–Trinajstić information content (AvgIpc) is 2.88. The predicted molar refractivity (Wildman–Crippen MR) is 84.4 cm³/mol. The van der Waals surface area contributed by atoms with Crippen molar-refractivity contribution < 1.29 is 0 Å². The molecule has 108 valence electrons. The Morgan fingerprint density at radius 1 is 1.10 bits per heavy atom. The number of thiazole rings is 1. The van der Waals surface area contributed by atoms with Gasteiger partial charge in [-0.2, -0.15) is 0 Å². The summed E-state index contributed by atoms with van der Waals surface area (Å²) in [6.45, 7) is 7.96. The van der Waals surface area contributed by atoms with E-state index in [1.807, 2.05) is 6.20 Å². The van der Waals surface area contributed by atoms with Crippen molar-refractivity contribution >= 4 is 23.0 Å². The van der Waals surface area contributed by atoms with Crippen LogP contribution >= 0.6 is 11.3 Å². The Balaban J connectivity index is 2.10. The monoisotopic (exact) mass is 291 g/mol. The summed E-state index contributed by atoms with van der Waals surface area (Å²) in [6, 6.07) is 0. The number of aryl methyl sites for hydroxylation is 1. The molecule has 2 rings (SSSR count). The Morgan fingerprint density at radius 2 is 1.85 bits per heavy atom. The maximum absolute atomic E-state index is 4.36. The predicted octanol–water partition coefficient (Wildman–Crippen LogP) is 3.24. The molecule has 20 heavy (non-hydrogen) atoms. The summed E-state index contributed by atoms with van der Waals surface area (Å²) in [7, 11) is 0. The quantitative estimate of drug-likeness (QED) is 0.820. The summed E-state index contributed by atoms with van der Waals surface area (Å²) in [5.74, 6) is 1.83. The van der Waals surface area contributed by atoms with Crippen molar-refractivity contribution in [2.24, 2.45) is 0 Å². The van der Waals surface area contributed by atoms with Gasteiger partial charge in [0.15, 0.2) is 0 Å². The SMILES string of the molecule is CCCNc1ncnc(NCc2ncc(C)s2)c1CC. The second-order valence-corrected chi connectivity index (χ2v) is 5.87. The highest BCUT2D eigenvalue weighted by molar-refractivity contribution is 7.11. The van der Waals surface area contributed by atoms with Crippen molar-refractivity contribution in [1.29, 1.82) is 0 Å². The van der Waals surface area contributed by atoms with Gasteiger partial charge in [0.05, 0.1) is 6.54 Å². The zero-order valence-corrected chi connectivity index (χ0v) is 13.0. The summed E-state index contributed by atoms with van der Waals surface area (Å²) < 4.78 is 0. The number of hydrogen-bond acceptors (Lipinski definition) is 6. The van der Waals surface area contributed by atoms with Crippen LogP contribution in [0.1, 0.15) is 35.7 Å². The lowest BCUT2D eigenvalue weighted by molar-refractivity contribution is 0.943. The Hall–Kier alpha value is -1.69. The van der Waals surface area contributed by atoms with Gasteiger partial charge in [0.1, 0.15) is 23.0 Å². The first kappa shape index (κ1) is 14.7. The first-order valence-corrected chi connectivity index (χ1v) is 7.79. The fourth-order valence-electron chi connectivity index (χ4n) is 1.94. The van der Waals surface area contributed by atoms with Gasteiger partial charge in [0.25, 0.3) is 0 Å². The van der Waals surface area contributed by atoms with Gasteiger partial charge in [-0.25, -0.2) is 15.0 Å². The van der Waals surface area contributed by atoms with Gasteiger partial charge < -0.3 is 10.6 Å². The third-order valence-corrected chi connectivity index (χ3v) is 3.83. The Morgan fingerprint density at radius 3 is 2.45 bits per heavy atom. The number of nitrogens with zero attached hydrogens (tertiary/aromatic N) is 3. The van der Waals surface area contributed by atoms with E-state index in [0.29, 0.717) is 6.54 Å². The molecule has 0 unspecified atom stereocenters. The van der Waals surface area contributed by atoms with E-state index in [1.54, 1.807) is 17.7 Å². The van der Waals surface area contributed by atoms with Gasteiger partial charge in [0, 0.05) is 23.2 Å². The van der Waals surface area contributed by atoms with Crippen molar-refractivity contribution in [2.75, 3.05) is 17.2 Å². The molecule has 6 heteroatoms. The molecule has 0 aliphatic heterocycles. The molecule has 0 aliphatic carbocycles. The summed E-state index contributed by atoms with van der Waals surface area (Å²) in [4.78, 5) is 14.3. The number of nitrogens with one attached hydrogen (secondary N) is 2. The molecule has 0 saturated carbocycles. The highest BCUT2D eigenvalue weighted by atomic mass is 32.1.